The van der Waals surface area contributed by atoms with Gasteiger partial charge in [0.2, 0.25) is 0 Å². The van der Waals surface area contributed by atoms with E-state index in [-0.39, 0.29) is 12.6 Å². The standard InChI is InChI=1S/C8H12FNS/c9-5-7-1-3-8(4-2-7)10-6-11/h7-8H,1-5H2. The Kier molecular flexibility index (Phi) is 3.67. The van der Waals surface area contributed by atoms with Gasteiger partial charge in [0.05, 0.1) is 17.9 Å². The molecule has 1 nitrogen and oxygen atoms in total. The number of thiocarbonyl (C=S) groups is 1. The van der Waals surface area contributed by atoms with Crippen molar-refractivity contribution >= 4 is 17.4 Å². The lowest BCUT2D eigenvalue weighted by Gasteiger charge is -2.22. The number of rotatable bonds is 2. The SMILES string of the molecule is FCC1CCC(N=C=S)CC1. The minimum atomic E-state index is -0.173. The number of alkyl halides is 1. The first-order chi connectivity index (χ1) is 5.36. The van der Waals surface area contributed by atoms with E-state index in [1.807, 2.05) is 0 Å². The molecule has 1 fully saturated rings. The van der Waals surface area contributed by atoms with Gasteiger partial charge in [-0.05, 0) is 43.8 Å². The highest BCUT2D eigenvalue weighted by Crippen LogP contribution is 2.25. The van der Waals surface area contributed by atoms with E-state index in [0.717, 1.165) is 25.7 Å². The summed E-state index contributed by atoms with van der Waals surface area (Å²) in [7, 11) is 0. The van der Waals surface area contributed by atoms with Crippen molar-refractivity contribution in [1.82, 2.24) is 0 Å². The first kappa shape index (κ1) is 8.82. The number of isothiocyanates is 1. The topological polar surface area (TPSA) is 12.4 Å². The third kappa shape index (κ3) is 2.68. The van der Waals surface area contributed by atoms with Crippen LogP contribution in [0, 0.1) is 5.92 Å². The van der Waals surface area contributed by atoms with Gasteiger partial charge in [-0.1, -0.05) is 0 Å². The van der Waals surface area contributed by atoms with E-state index < -0.39 is 0 Å². The number of nitrogens with zero attached hydrogens (tertiary/aromatic N) is 1. The molecule has 0 unspecified atom stereocenters. The van der Waals surface area contributed by atoms with Crippen LogP contribution in [0.1, 0.15) is 25.7 Å². The van der Waals surface area contributed by atoms with Crippen LogP contribution in [0.5, 0.6) is 0 Å². The van der Waals surface area contributed by atoms with Gasteiger partial charge in [-0.2, -0.15) is 0 Å². The van der Waals surface area contributed by atoms with Crippen molar-refractivity contribution in [1.29, 1.82) is 0 Å². The number of hydrogen-bond donors (Lipinski definition) is 0. The number of hydrogen-bond acceptors (Lipinski definition) is 2. The van der Waals surface area contributed by atoms with E-state index in [9.17, 15) is 4.39 Å². The second-order valence-corrected chi connectivity index (χ2v) is 3.23. The lowest BCUT2D eigenvalue weighted by molar-refractivity contribution is 0.265. The normalized spacial score (nSPS) is 31.0. The van der Waals surface area contributed by atoms with Crippen LogP contribution in [0.3, 0.4) is 0 Å². The maximum atomic E-state index is 12.1. The number of halogens is 1. The Morgan fingerprint density at radius 1 is 1.36 bits per heavy atom. The summed E-state index contributed by atoms with van der Waals surface area (Å²) in [6.07, 6.45) is 3.89. The van der Waals surface area contributed by atoms with Crippen molar-refractivity contribution in [2.45, 2.75) is 31.7 Å². The summed E-state index contributed by atoms with van der Waals surface area (Å²) >= 11 is 4.50. The zero-order chi connectivity index (χ0) is 8.10. The van der Waals surface area contributed by atoms with Crippen LogP contribution in [0.2, 0.25) is 0 Å². The van der Waals surface area contributed by atoms with Gasteiger partial charge in [-0.15, -0.1) is 0 Å². The lowest BCUT2D eigenvalue weighted by Crippen LogP contribution is -2.17. The molecule has 1 aliphatic carbocycles. The zero-order valence-corrected chi connectivity index (χ0v) is 7.24. The summed E-state index contributed by atoms with van der Waals surface area (Å²) < 4.78 is 12.1. The van der Waals surface area contributed by atoms with Crippen molar-refractivity contribution < 1.29 is 4.39 Å². The molecule has 0 heterocycles. The zero-order valence-electron chi connectivity index (χ0n) is 6.42. The van der Waals surface area contributed by atoms with E-state index >= 15 is 0 Å². The highest BCUT2D eigenvalue weighted by atomic mass is 32.1. The summed E-state index contributed by atoms with van der Waals surface area (Å²) in [5.41, 5.74) is 0. The Balaban J connectivity index is 2.29. The Morgan fingerprint density at radius 3 is 2.45 bits per heavy atom. The average Bonchev–Trinajstić information content (AvgIpc) is 2.07. The lowest BCUT2D eigenvalue weighted by atomic mass is 9.87. The Morgan fingerprint density at radius 2 is 2.00 bits per heavy atom. The Bertz CT molecular complexity index is 157. The van der Waals surface area contributed by atoms with Crippen molar-refractivity contribution in [3.05, 3.63) is 0 Å². The Labute approximate surface area is 71.7 Å². The molecule has 0 amide bonds. The minimum absolute atomic E-state index is 0.173. The molecule has 3 heteroatoms. The van der Waals surface area contributed by atoms with Gasteiger partial charge in [0.25, 0.3) is 0 Å². The molecule has 11 heavy (non-hydrogen) atoms. The maximum Gasteiger partial charge on any atom is 0.0922 e. The summed E-state index contributed by atoms with van der Waals surface area (Å²) in [5, 5.41) is 2.38. The van der Waals surface area contributed by atoms with Crippen LogP contribution in [0.15, 0.2) is 4.99 Å². The fourth-order valence-corrected chi connectivity index (χ4v) is 1.65. The summed E-state index contributed by atoms with van der Waals surface area (Å²) in [6, 6.07) is 0.329. The van der Waals surface area contributed by atoms with Crippen LogP contribution in [-0.4, -0.2) is 17.9 Å². The monoisotopic (exact) mass is 173 g/mol. The van der Waals surface area contributed by atoms with Crippen molar-refractivity contribution in [3.63, 3.8) is 0 Å². The van der Waals surface area contributed by atoms with E-state index in [1.165, 1.54) is 0 Å². The summed E-state index contributed by atoms with van der Waals surface area (Å²) in [5.74, 6) is 0.284. The van der Waals surface area contributed by atoms with Crippen LogP contribution < -0.4 is 0 Å². The molecule has 0 saturated heterocycles. The number of aliphatic imine (C=N–C) groups is 1. The third-order valence-corrected chi connectivity index (χ3v) is 2.38. The quantitative estimate of drug-likeness (QED) is 0.462. The molecule has 0 aromatic heterocycles. The van der Waals surface area contributed by atoms with Gasteiger partial charge in [0.1, 0.15) is 0 Å². The van der Waals surface area contributed by atoms with E-state index in [2.05, 4.69) is 22.4 Å². The highest BCUT2D eigenvalue weighted by Gasteiger charge is 2.19. The van der Waals surface area contributed by atoms with Crippen LogP contribution >= 0.6 is 12.2 Å². The maximum absolute atomic E-state index is 12.1. The largest absolute Gasteiger partial charge is 0.251 e. The van der Waals surface area contributed by atoms with E-state index in [0.29, 0.717) is 6.04 Å². The highest BCUT2D eigenvalue weighted by molar-refractivity contribution is 7.78. The van der Waals surface area contributed by atoms with Crippen LogP contribution in [-0.2, 0) is 0 Å². The Hall–Kier alpha value is -0.270. The molecule has 0 bridgehead atoms. The van der Waals surface area contributed by atoms with Gasteiger partial charge >= 0.3 is 0 Å². The second-order valence-electron chi connectivity index (χ2n) is 3.05. The molecule has 1 aliphatic rings. The first-order valence-corrected chi connectivity index (χ1v) is 4.40. The van der Waals surface area contributed by atoms with Crippen molar-refractivity contribution in [3.8, 4) is 0 Å². The summed E-state index contributed by atoms with van der Waals surface area (Å²) in [6.45, 7) is -0.173. The predicted molar refractivity (Wildman–Crippen MR) is 46.7 cm³/mol. The molecule has 0 aliphatic heterocycles. The molecular formula is C8H12FNS. The van der Waals surface area contributed by atoms with Gasteiger partial charge in [0, 0.05) is 0 Å². The molecule has 1 rings (SSSR count). The fourth-order valence-electron chi connectivity index (χ4n) is 1.50. The van der Waals surface area contributed by atoms with Crippen LogP contribution in [0.4, 0.5) is 4.39 Å². The van der Waals surface area contributed by atoms with E-state index in [1.54, 1.807) is 0 Å². The molecule has 0 aromatic carbocycles. The molecule has 0 atom stereocenters. The van der Waals surface area contributed by atoms with Gasteiger partial charge in [0.15, 0.2) is 0 Å². The molecule has 62 valence electrons. The van der Waals surface area contributed by atoms with Crippen molar-refractivity contribution in [2.75, 3.05) is 6.67 Å². The molecular weight excluding hydrogens is 161 g/mol. The second kappa shape index (κ2) is 4.58. The average molecular weight is 173 g/mol. The van der Waals surface area contributed by atoms with Gasteiger partial charge in [-0.3, -0.25) is 4.39 Å². The molecule has 0 radical (unpaired) electrons. The third-order valence-electron chi connectivity index (χ3n) is 2.27. The predicted octanol–water partition coefficient (Wildman–Crippen LogP) is 2.62. The van der Waals surface area contributed by atoms with Gasteiger partial charge < -0.3 is 0 Å². The van der Waals surface area contributed by atoms with Gasteiger partial charge in [-0.25, -0.2) is 4.99 Å². The van der Waals surface area contributed by atoms with Crippen LogP contribution in [0.25, 0.3) is 0 Å². The summed E-state index contributed by atoms with van der Waals surface area (Å²) in [4.78, 5) is 3.99. The van der Waals surface area contributed by atoms with E-state index in [4.69, 9.17) is 0 Å². The molecule has 1 saturated carbocycles. The van der Waals surface area contributed by atoms with Crippen molar-refractivity contribution in [2.24, 2.45) is 10.9 Å². The molecule has 0 spiro atoms. The minimum Gasteiger partial charge on any atom is -0.251 e. The molecule has 0 aromatic rings. The fraction of sp³-hybridized carbons (Fsp3) is 0.875. The smallest absolute Gasteiger partial charge is 0.0922 e. The molecule has 0 N–H and O–H groups in total. The first-order valence-electron chi connectivity index (χ1n) is 3.99.